The van der Waals surface area contributed by atoms with E-state index < -0.39 is 0 Å². The Balaban J connectivity index is 1.64. The molecule has 1 aromatic rings. The van der Waals surface area contributed by atoms with Crippen molar-refractivity contribution in [3.63, 3.8) is 0 Å². The minimum absolute atomic E-state index is 0.201. The molecule has 1 aliphatic carbocycles. The standard InChI is InChI=1S/C11H16N2S/c1-8-2-3-10(14-8)6-13-5-9-4-11(9,12)7-13/h2-3,9H,4-7,12H2,1H3/t9-,11-/m0/s1. The summed E-state index contributed by atoms with van der Waals surface area (Å²) < 4.78 is 0. The highest BCUT2D eigenvalue weighted by molar-refractivity contribution is 7.11. The minimum atomic E-state index is 0.201. The summed E-state index contributed by atoms with van der Waals surface area (Å²) in [5.74, 6) is 0.795. The fourth-order valence-corrected chi connectivity index (χ4v) is 3.48. The molecule has 1 saturated heterocycles. The number of hydrogen-bond donors (Lipinski definition) is 1. The van der Waals surface area contributed by atoms with E-state index >= 15 is 0 Å². The fraction of sp³-hybridized carbons (Fsp3) is 0.636. The first kappa shape index (κ1) is 8.89. The second-order valence-electron chi connectivity index (χ2n) is 4.82. The van der Waals surface area contributed by atoms with Crippen LogP contribution in [0.4, 0.5) is 0 Å². The Kier molecular flexibility index (Phi) is 1.79. The average Bonchev–Trinajstić information content (AvgIpc) is 2.46. The van der Waals surface area contributed by atoms with Gasteiger partial charge in [-0.3, -0.25) is 4.90 Å². The number of fused-ring (bicyclic) bond motifs is 1. The quantitative estimate of drug-likeness (QED) is 0.799. The van der Waals surface area contributed by atoms with E-state index in [1.54, 1.807) is 0 Å². The van der Waals surface area contributed by atoms with Crippen molar-refractivity contribution in [2.45, 2.75) is 25.4 Å². The molecule has 1 aliphatic heterocycles. The van der Waals surface area contributed by atoms with Gasteiger partial charge in [0, 0.05) is 34.9 Å². The van der Waals surface area contributed by atoms with Crippen molar-refractivity contribution >= 4 is 11.3 Å². The van der Waals surface area contributed by atoms with Gasteiger partial charge in [-0.15, -0.1) is 11.3 Å². The molecule has 0 radical (unpaired) electrons. The maximum absolute atomic E-state index is 6.16. The van der Waals surface area contributed by atoms with Gasteiger partial charge in [-0.1, -0.05) is 0 Å². The fourth-order valence-electron chi connectivity index (χ4n) is 2.54. The lowest BCUT2D eigenvalue weighted by Gasteiger charge is -2.17. The number of nitrogens with two attached hydrogens (primary N) is 1. The van der Waals surface area contributed by atoms with Crippen LogP contribution in [0.3, 0.4) is 0 Å². The lowest BCUT2D eigenvalue weighted by atomic mass is 10.3. The van der Waals surface area contributed by atoms with Gasteiger partial charge in [0.2, 0.25) is 0 Å². The van der Waals surface area contributed by atoms with Crippen molar-refractivity contribution in [2.24, 2.45) is 11.7 Å². The van der Waals surface area contributed by atoms with E-state index in [2.05, 4.69) is 24.0 Å². The van der Waals surface area contributed by atoms with E-state index in [1.165, 1.54) is 22.7 Å². The van der Waals surface area contributed by atoms with Crippen LogP contribution in [-0.4, -0.2) is 23.5 Å². The molecule has 0 bridgehead atoms. The number of aryl methyl sites for hydroxylation is 1. The molecule has 3 rings (SSSR count). The van der Waals surface area contributed by atoms with Crippen molar-refractivity contribution in [3.05, 3.63) is 21.9 Å². The Bertz CT molecular complexity index is 360. The van der Waals surface area contributed by atoms with Crippen LogP contribution in [0.15, 0.2) is 12.1 Å². The van der Waals surface area contributed by atoms with Gasteiger partial charge >= 0.3 is 0 Å². The maximum Gasteiger partial charge on any atom is 0.0328 e. The highest BCUT2D eigenvalue weighted by Crippen LogP contribution is 2.47. The molecule has 2 fully saturated rings. The van der Waals surface area contributed by atoms with Crippen molar-refractivity contribution in [1.82, 2.24) is 4.90 Å². The topological polar surface area (TPSA) is 29.3 Å². The average molecular weight is 208 g/mol. The molecule has 1 aromatic heterocycles. The Morgan fingerprint density at radius 1 is 1.64 bits per heavy atom. The summed E-state index contributed by atoms with van der Waals surface area (Å²) in [6.45, 7) is 5.59. The zero-order chi connectivity index (χ0) is 9.76. The third kappa shape index (κ3) is 1.40. The summed E-state index contributed by atoms with van der Waals surface area (Å²) in [6, 6.07) is 4.45. The van der Waals surface area contributed by atoms with Crippen molar-refractivity contribution in [2.75, 3.05) is 13.1 Å². The summed E-state index contributed by atoms with van der Waals surface area (Å²) in [4.78, 5) is 5.39. The highest BCUT2D eigenvalue weighted by Gasteiger charge is 2.56. The van der Waals surface area contributed by atoms with E-state index in [9.17, 15) is 0 Å². The molecule has 0 aromatic carbocycles. The molecule has 2 heterocycles. The van der Waals surface area contributed by atoms with Gasteiger partial charge in [-0.05, 0) is 31.4 Å². The summed E-state index contributed by atoms with van der Waals surface area (Å²) >= 11 is 1.91. The molecule has 14 heavy (non-hydrogen) atoms. The van der Waals surface area contributed by atoms with E-state index in [4.69, 9.17) is 5.73 Å². The van der Waals surface area contributed by atoms with Crippen LogP contribution in [0.5, 0.6) is 0 Å². The smallest absolute Gasteiger partial charge is 0.0328 e. The van der Waals surface area contributed by atoms with Crippen LogP contribution >= 0.6 is 11.3 Å². The first-order valence-electron chi connectivity index (χ1n) is 5.22. The van der Waals surface area contributed by atoms with Crippen LogP contribution in [0, 0.1) is 12.8 Å². The molecule has 0 spiro atoms. The van der Waals surface area contributed by atoms with Crippen LogP contribution in [-0.2, 0) is 6.54 Å². The third-order valence-corrected chi connectivity index (χ3v) is 4.44. The first-order chi connectivity index (χ1) is 6.66. The Morgan fingerprint density at radius 2 is 2.50 bits per heavy atom. The summed E-state index contributed by atoms with van der Waals surface area (Å²) in [6.07, 6.45) is 1.26. The van der Waals surface area contributed by atoms with Gasteiger partial charge in [-0.25, -0.2) is 0 Å². The van der Waals surface area contributed by atoms with Gasteiger partial charge < -0.3 is 5.73 Å². The van der Waals surface area contributed by atoms with Crippen molar-refractivity contribution in [1.29, 1.82) is 0 Å². The number of likely N-dealkylation sites (tertiary alicyclic amines) is 1. The highest BCUT2D eigenvalue weighted by atomic mass is 32.1. The molecule has 76 valence electrons. The van der Waals surface area contributed by atoms with Crippen LogP contribution in [0.2, 0.25) is 0 Å². The maximum atomic E-state index is 6.16. The van der Waals surface area contributed by atoms with E-state index in [-0.39, 0.29) is 5.54 Å². The van der Waals surface area contributed by atoms with Crippen LogP contribution in [0.25, 0.3) is 0 Å². The molecule has 0 unspecified atom stereocenters. The molecule has 2 atom stereocenters. The second-order valence-corrected chi connectivity index (χ2v) is 6.19. The zero-order valence-electron chi connectivity index (χ0n) is 8.49. The molecule has 3 heteroatoms. The van der Waals surface area contributed by atoms with Crippen LogP contribution in [0.1, 0.15) is 16.2 Å². The summed E-state index contributed by atoms with van der Waals surface area (Å²) in [5, 5.41) is 0. The Morgan fingerprint density at radius 3 is 3.07 bits per heavy atom. The van der Waals surface area contributed by atoms with E-state index in [0.29, 0.717) is 0 Å². The monoisotopic (exact) mass is 208 g/mol. The lowest BCUT2D eigenvalue weighted by molar-refractivity contribution is 0.293. The summed E-state index contributed by atoms with van der Waals surface area (Å²) in [5.41, 5.74) is 6.36. The molecule has 2 aliphatic rings. The molecular weight excluding hydrogens is 192 g/mol. The second kappa shape index (κ2) is 2.81. The SMILES string of the molecule is Cc1ccc(CN2C[C@@H]3C[C@]3(N)C2)s1. The normalized spacial score (nSPS) is 36.0. The first-order valence-corrected chi connectivity index (χ1v) is 6.04. The van der Waals surface area contributed by atoms with Gasteiger partial charge in [0.25, 0.3) is 0 Å². The van der Waals surface area contributed by atoms with Crippen molar-refractivity contribution in [3.8, 4) is 0 Å². The third-order valence-electron chi connectivity index (χ3n) is 3.45. The van der Waals surface area contributed by atoms with E-state index in [0.717, 1.165) is 19.0 Å². The molecule has 2 nitrogen and oxygen atoms in total. The molecule has 0 amide bonds. The largest absolute Gasteiger partial charge is 0.324 e. The molecule has 1 saturated carbocycles. The van der Waals surface area contributed by atoms with Gasteiger partial charge in [0.15, 0.2) is 0 Å². The van der Waals surface area contributed by atoms with E-state index in [1.807, 2.05) is 11.3 Å². The number of nitrogens with zero attached hydrogens (tertiary/aromatic N) is 1. The summed E-state index contributed by atoms with van der Waals surface area (Å²) in [7, 11) is 0. The number of hydrogen-bond acceptors (Lipinski definition) is 3. The molecule has 2 N–H and O–H groups in total. The van der Waals surface area contributed by atoms with Crippen LogP contribution < -0.4 is 5.73 Å². The number of piperidine rings is 1. The van der Waals surface area contributed by atoms with Gasteiger partial charge in [0.05, 0.1) is 0 Å². The van der Waals surface area contributed by atoms with Gasteiger partial charge in [0.1, 0.15) is 0 Å². The number of thiophene rings is 1. The molecular formula is C11H16N2S. The van der Waals surface area contributed by atoms with Gasteiger partial charge in [-0.2, -0.15) is 0 Å². The minimum Gasteiger partial charge on any atom is -0.324 e. The predicted molar refractivity (Wildman–Crippen MR) is 59.4 cm³/mol. The Labute approximate surface area is 88.7 Å². The zero-order valence-corrected chi connectivity index (χ0v) is 9.31. The van der Waals surface area contributed by atoms with Crippen molar-refractivity contribution < 1.29 is 0 Å². The Hall–Kier alpha value is -0.380. The number of rotatable bonds is 2. The lowest BCUT2D eigenvalue weighted by Crippen LogP contribution is -2.32. The predicted octanol–water partition coefficient (Wildman–Crippen LogP) is 1.59.